The maximum atomic E-state index is 13.1. The Morgan fingerprint density at radius 1 is 1.09 bits per heavy atom. The van der Waals surface area contributed by atoms with Crippen LogP contribution in [0.3, 0.4) is 0 Å². The van der Waals surface area contributed by atoms with E-state index in [1.54, 1.807) is 24.3 Å². The summed E-state index contributed by atoms with van der Waals surface area (Å²) in [7, 11) is 1.53. The molecule has 35 heavy (non-hydrogen) atoms. The van der Waals surface area contributed by atoms with E-state index >= 15 is 0 Å². The van der Waals surface area contributed by atoms with E-state index in [4.69, 9.17) is 32.7 Å². The Hall–Kier alpha value is -2.04. The van der Waals surface area contributed by atoms with Gasteiger partial charge in [0.25, 0.3) is 5.91 Å². The average molecular weight is 661 g/mol. The van der Waals surface area contributed by atoms with Crippen molar-refractivity contribution in [1.82, 2.24) is 5.32 Å². The third-order valence-corrected chi connectivity index (χ3v) is 8.53. The number of nitrogens with one attached hydrogen (secondary N) is 1. The number of carbonyl (C=O) groups is 1. The number of halogens is 5. The lowest BCUT2D eigenvalue weighted by atomic mass is 10.1. The standard InChI is InChI=1S/C24H15Br2Cl2FN2O3S/c1-33-18-9-13(10-19-23(32)31-24(35-19)30-15-5-3-14(29)4-6-15)20(25)21(26)22(18)34-11-12-2-7-16(27)17(28)8-12/h2-10H,11H2,1H3,(H,30,31,32)/b19-10-. The molecule has 3 aromatic rings. The highest BCUT2D eigenvalue weighted by molar-refractivity contribution is 9.13. The van der Waals surface area contributed by atoms with Gasteiger partial charge in [-0.3, -0.25) is 4.79 Å². The lowest BCUT2D eigenvalue weighted by Crippen LogP contribution is -2.19. The summed E-state index contributed by atoms with van der Waals surface area (Å²) in [5.41, 5.74) is 2.06. The highest BCUT2D eigenvalue weighted by Crippen LogP contribution is 2.44. The number of amidine groups is 1. The van der Waals surface area contributed by atoms with E-state index in [9.17, 15) is 9.18 Å². The fourth-order valence-corrected chi connectivity index (χ4v) is 5.14. The second-order valence-electron chi connectivity index (χ2n) is 7.12. The van der Waals surface area contributed by atoms with Gasteiger partial charge in [0.2, 0.25) is 0 Å². The topological polar surface area (TPSA) is 59.9 Å². The van der Waals surface area contributed by atoms with Crippen molar-refractivity contribution in [2.24, 2.45) is 4.99 Å². The molecule has 4 rings (SSSR count). The molecule has 0 atom stereocenters. The van der Waals surface area contributed by atoms with Crippen LogP contribution >= 0.6 is 66.8 Å². The first kappa shape index (κ1) is 26.0. The zero-order chi connectivity index (χ0) is 25.1. The molecule has 3 aromatic carbocycles. The number of thioether (sulfide) groups is 1. The Balaban J connectivity index is 1.58. The average Bonchev–Trinajstić information content (AvgIpc) is 3.18. The second-order valence-corrected chi connectivity index (χ2v) is 10.6. The van der Waals surface area contributed by atoms with E-state index in [1.165, 1.54) is 43.1 Å². The summed E-state index contributed by atoms with van der Waals surface area (Å²) in [6.45, 7) is 0.236. The van der Waals surface area contributed by atoms with Crippen LogP contribution in [0.15, 0.2) is 67.4 Å². The van der Waals surface area contributed by atoms with Gasteiger partial charge in [-0.25, -0.2) is 9.38 Å². The normalized spacial score (nSPS) is 15.5. The number of hydrogen-bond donors (Lipinski definition) is 1. The van der Waals surface area contributed by atoms with Crippen molar-refractivity contribution in [1.29, 1.82) is 0 Å². The van der Waals surface area contributed by atoms with Crippen LogP contribution in [0.4, 0.5) is 10.1 Å². The molecule has 1 aliphatic heterocycles. The molecule has 1 fully saturated rings. The molecular weight excluding hydrogens is 646 g/mol. The van der Waals surface area contributed by atoms with Gasteiger partial charge in [-0.05, 0) is 103 Å². The van der Waals surface area contributed by atoms with Crippen molar-refractivity contribution in [3.8, 4) is 11.5 Å². The lowest BCUT2D eigenvalue weighted by molar-refractivity contribution is -0.115. The molecule has 180 valence electrons. The molecule has 11 heteroatoms. The number of aliphatic imine (C=N–C) groups is 1. The first-order valence-electron chi connectivity index (χ1n) is 9.93. The molecule has 0 saturated carbocycles. The molecule has 1 saturated heterocycles. The number of rotatable bonds is 6. The Bertz CT molecular complexity index is 1370. The van der Waals surface area contributed by atoms with E-state index in [-0.39, 0.29) is 18.3 Å². The van der Waals surface area contributed by atoms with Crippen molar-refractivity contribution in [2.45, 2.75) is 6.61 Å². The third kappa shape index (κ3) is 6.21. The van der Waals surface area contributed by atoms with Gasteiger partial charge in [-0.1, -0.05) is 29.3 Å². The van der Waals surface area contributed by atoms with Crippen LogP contribution in [0.2, 0.25) is 10.0 Å². The van der Waals surface area contributed by atoms with Crippen LogP contribution in [-0.4, -0.2) is 18.2 Å². The van der Waals surface area contributed by atoms with Crippen molar-refractivity contribution >= 4 is 89.7 Å². The molecule has 1 N–H and O–H groups in total. The summed E-state index contributed by atoms with van der Waals surface area (Å²) in [5, 5.41) is 4.02. The van der Waals surface area contributed by atoms with E-state index in [0.717, 1.165) is 5.56 Å². The highest BCUT2D eigenvalue weighted by Gasteiger charge is 2.25. The quantitative estimate of drug-likeness (QED) is 0.271. The fourth-order valence-electron chi connectivity index (χ4n) is 3.04. The Kier molecular flexibility index (Phi) is 8.44. The Morgan fingerprint density at radius 3 is 2.51 bits per heavy atom. The predicted octanol–water partition coefficient (Wildman–Crippen LogP) is 8.14. The zero-order valence-electron chi connectivity index (χ0n) is 17.9. The molecule has 5 nitrogen and oxygen atoms in total. The molecule has 0 aromatic heterocycles. The van der Waals surface area contributed by atoms with Gasteiger partial charge in [0.1, 0.15) is 12.4 Å². The van der Waals surface area contributed by atoms with Crippen LogP contribution in [0.5, 0.6) is 11.5 Å². The number of amides is 1. The summed E-state index contributed by atoms with van der Waals surface area (Å²) < 4.78 is 26.0. The Labute approximate surface area is 232 Å². The van der Waals surface area contributed by atoms with Crippen LogP contribution in [0.25, 0.3) is 6.08 Å². The minimum absolute atomic E-state index is 0.236. The van der Waals surface area contributed by atoms with Crippen molar-refractivity contribution in [3.63, 3.8) is 0 Å². The molecule has 1 aliphatic rings. The molecule has 0 radical (unpaired) electrons. The molecule has 0 aliphatic carbocycles. The van der Waals surface area contributed by atoms with E-state index < -0.39 is 0 Å². The maximum absolute atomic E-state index is 13.1. The highest BCUT2D eigenvalue weighted by atomic mass is 79.9. The van der Waals surface area contributed by atoms with Crippen molar-refractivity contribution in [3.05, 3.63) is 89.4 Å². The molecule has 0 bridgehead atoms. The summed E-state index contributed by atoms with van der Waals surface area (Å²) in [6, 6.07) is 12.7. The SMILES string of the molecule is COc1cc(/C=C2\SC(=Nc3ccc(F)cc3)NC2=O)c(Br)c(Br)c1OCc1ccc(Cl)c(Cl)c1. The smallest absolute Gasteiger partial charge is 0.264 e. The maximum Gasteiger partial charge on any atom is 0.264 e. The van der Waals surface area contributed by atoms with Gasteiger partial charge in [0.05, 0.1) is 32.2 Å². The summed E-state index contributed by atoms with van der Waals surface area (Å²) in [6.07, 6.45) is 1.72. The van der Waals surface area contributed by atoms with Gasteiger partial charge in [-0.2, -0.15) is 0 Å². The van der Waals surface area contributed by atoms with E-state index in [2.05, 4.69) is 42.2 Å². The largest absolute Gasteiger partial charge is 0.493 e. The first-order valence-corrected chi connectivity index (χ1v) is 13.1. The number of methoxy groups -OCH3 is 1. The zero-order valence-corrected chi connectivity index (χ0v) is 23.4. The lowest BCUT2D eigenvalue weighted by Gasteiger charge is -2.16. The first-order chi connectivity index (χ1) is 16.7. The summed E-state index contributed by atoms with van der Waals surface area (Å²) >= 11 is 20.4. The number of hydrogen-bond acceptors (Lipinski definition) is 5. The van der Waals surface area contributed by atoms with Crippen LogP contribution in [0.1, 0.15) is 11.1 Å². The molecule has 0 unspecified atom stereocenters. The van der Waals surface area contributed by atoms with Crippen molar-refractivity contribution < 1.29 is 18.7 Å². The monoisotopic (exact) mass is 658 g/mol. The van der Waals surface area contributed by atoms with Gasteiger partial charge >= 0.3 is 0 Å². The number of ether oxygens (including phenoxy) is 2. The fraction of sp³-hybridized carbons (Fsp3) is 0.0833. The summed E-state index contributed by atoms with van der Waals surface area (Å²) in [5.74, 6) is 0.300. The number of benzene rings is 3. The number of nitrogens with zero attached hydrogens (tertiary/aromatic N) is 1. The van der Waals surface area contributed by atoms with Crippen LogP contribution < -0.4 is 14.8 Å². The van der Waals surface area contributed by atoms with E-state index in [1.807, 2.05) is 6.07 Å². The van der Waals surface area contributed by atoms with Gasteiger partial charge < -0.3 is 14.8 Å². The molecule has 0 spiro atoms. The molecule has 1 amide bonds. The van der Waals surface area contributed by atoms with Crippen LogP contribution in [-0.2, 0) is 11.4 Å². The van der Waals surface area contributed by atoms with Gasteiger partial charge in [0, 0.05) is 4.47 Å². The molecule has 1 heterocycles. The van der Waals surface area contributed by atoms with Crippen molar-refractivity contribution in [2.75, 3.05) is 7.11 Å². The number of carbonyl (C=O) groups excluding carboxylic acids is 1. The Morgan fingerprint density at radius 2 is 1.83 bits per heavy atom. The van der Waals surface area contributed by atoms with Crippen LogP contribution in [0, 0.1) is 5.82 Å². The van der Waals surface area contributed by atoms with Gasteiger partial charge in [-0.15, -0.1) is 0 Å². The third-order valence-electron chi connectivity index (χ3n) is 4.74. The minimum Gasteiger partial charge on any atom is -0.493 e. The molecular formula is C24H15Br2Cl2FN2O3S. The van der Waals surface area contributed by atoms with E-state index in [0.29, 0.717) is 51.8 Å². The minimum atomic E-state index is -0.355. The second kappa shape index (κ2) is 11.3. The predicted molar refractivity (Wildman–Crippen MR) is 146 cm³/mol. The summed E-state index contributed by atoms with van der Waals surface area (Å²) in [4.78, 5) is 17.3. The van der Waals surface area contributed by atoms with Gasteiger partial charge in [0.15, 0.2) is 16.7 Å².